The zero-order chi connectivity index (χ0) is 11.5. The maximum absolute atomic E-state index is 11.1. The average Bonchev–Trinajstić information content (AvgIpc) is 2.02. The fourth-order valence-electron chi connectivity index (χ4n) is 0.554. The number of amides is 2. The molecular weight excluding hydrogens is 188 g/mol. The number of primary amides is 1. The van der Waals surface area contributed by atoms with Gasteiger partial charge in [0.25, 0.3) is 5.91 Å². The molecule has 0 aliphatic heterocycles. The normalized spacial score (nSPS) is 13.9. The summed E-state index contributed by atoms with van der Waals surface area (Å²) in [7, 11) is 0. The summed E-state index contributed by atoms with van der Waals surface area (Å²) in [4.78, 5) is 32.6. The van der Waals surface area contributed by atoms with Gasteiger partial charge in [-0.15, -0.1) is 0 Å². The quantitative estimate of drug-likeness (QED) is 0.399. The SMILES string of the molecule is C=C(C)C(=O)NC(C)(C(N)=O)C(=O)O. The summed E-state index contributed by atoms with van der Waals surface area (Å²) < 4.78 is 0. The molecule has 0 aliphatic rings. The lowest BCUT2D eigenvalue weighted by atomic mass is 10.0. The Labute approximate surface area is 80.8 Å². The van der Waals surface area contributed by atoms with Crippen molar-refractivity contribution < 1.29 is 19.5 Å². The molecule has 0 fully saturated rings. The minimum Gasteiger partial charge on any atom is -0.479 e. The standard InChI is InChI=1S/C8H12N2O4/c1-4(2)5(11)10-8(3,6(9)12)7(13)14/h1H2,2-3H3,(H2,9,12)(H,10,11)(H,13,14). The van der Waals surface area contributed by atoms with Crippen LogP contribution in [0.4, 0.5) is 0 Å². The molecular formula is C8H12N2O4. The van der Waals surface area contributed by atoms with Crippen LogP contribution in [0.1, 0.15) is 13.8 Å². The highest BCUT2D eigenvalue weighted by Gasteiger charge is 2.41. The zero-order valence-electron chi connectivity index (χ0n) is 7.96. The van der Waals surface area contributed by atoms with Gasteiger partial charge < -0.3 is 16.2 Å². The lowest BCUT2D eigenvalue weighted by Gasteiger charge is -2.22. The number of aliphatic carboxylic acids is 1. The first-order valence-corrected chi connectivity index (χ1v) is 3.73. The van der Waals surface area contributed by atoms with Crippen molar-refractivity contribution in [2.24, 2.45) is 5.73 Å². The third-order valence-electron chi connectivity index (χ3n) is 1.67. The number of carbonyl (C=O) groups is 3. The predicted molar refractivity (Wildman–Crippen MR) is 48.2 cm³/mol. The highest BCUT2D eigenvalue weighted by atomic mass is 16.4. The number of carbonyl (C=O) groups excluding carboxylic acids is 2. The summed E-state index contributed by atoms with van der Waals surface area (Å²) in [6.45, 7) is 5.70. The maximum atomic E-state index is 11.1. The first-order chi connectivity index (χ1) is 6.21. The highest BCUT2D eigenvalue weighted by molar-refractivity contribution is 6.10. The number of carboxylic acid groups (broad SMARTS) is 1. The molecule has 6 nitrogen and oxygen atoms in total. The van der Waals surface area contributed by atoms with Crippen molar-refractivity contribution in [2.75, 3.05) is 0 Å². The zero-order valence-corrected chi connectivity index (χ0v) is 7.96. The Bertz CT molecular complexity index is 294. The Morgan fingerprint density at radius 2 is 1.86 bits per heavy atom. The third-order valence-corrected chi connectivity index (χ3v) is 1.67. The number of rotatable bonds is 4. The molecule has 0 radical (unpaired) electrons. The summed E-state index contributed by atoms with van der Waals surface area (Å²) in [5.41, 5.74) is 2.85. The van der Waals surface area contributed by atoms with Gasteiger partial charge in [0.1, 0.15) is 0 Å². The number of carboxylic acids is 1. The van der Waals surface area contributed by atoms with Crippen LogP contribution in [0.3, 0.4) is 0 Å². The minimum atomic E-state index is -2.10. The van der Waals surface area contributed by atoms with Gasteiger partial charge in [-0.3, -0.25) is 9.59 Å². The summed E-state index contributed by atoms with van der Waals surface area (Å²) in [6.07, 6.45) is 0. The van der Waals surface area contributed by atoms with Gasteiger partial charge in [-0.1, -0.05) is 6.58 Å². The molecule has 78 valence electrons. The van der Waals surface area contributed by atoms with Gasteiger partial charge in [-0.05, 0) is 13.8 Å². The Kier molecular flexibility index (Phi) is 3.39. The summed E-state index contributed by atoms with van der Waals surface area (Å²) in [5, 5.41) is 10.7. The Hall–Kier alpha value is -1.85. The Morgan fingerprint density at radius 1 is 1.43 bits per heavy atom. The van der Waals surface area contributed by atoms with Crippen molar-refractivity contribution in [1.29, 1.82) is 0 Å². The fraction of sp³-hybridized carbons (Fsp3) is 0.375. The molecule has 14 heavy (non-hydrogen) atoms. The second kappa shape index (κ2) is 3.91. The molecule has 0 saturated carbocycles. The average molecular weight is 200 g/mol. The topological polar surface area (TPSA) is 109 Å². The van der Waals surface area contributed by atoms with E-state index in [-0.39, 0.29) is 5.57 Å². The molecule has 1 unspecified atom stereocenters. The maximum Gasteiger partial charge on any atom is 0.339 e. The third kappa shape index (κ3) is 2.32. The monoisotopic (exact) mass is 200 g/mol. The van der Waals surface area contributed by atoms with E-state index in [1.54, 1.807) is 0 Å². The lowest BCUT2D eigenvalue weighted by Crippen LogP contribution is -2.60. The molecule has 0 spiro atoms. The Balaban J connectivity index is 4.89. The molecule has 0 bridgehead atoms. The van der Waals surface area contributed by atoms with E-state index in [1.165, 1.54) is 6.92 Å². The summed E-state index contributed by atoms with van der Waals surface area (Å²) in [5.74, 6) is -3.38. The Morgan fingerprint density at radius 3 is 2.07 bits per heavy atom. The molecule has 4 N–H and O–H groups in total. The van der Waals surface area contributed by atoms with E-state index in [4.69, 9.17) is 10.8 Å². The molecule has 0 heterocycles. The van der Waals surface area contributed by atoms with Crippen molar-refractivity contribution in [3.05, 3.63) is 12.2 Å². The van der Waals surface area contributed by atoms with E-state index in [2.05, 4.69) is 6.58 Å². The molecule has 2 amide bonds. The number of hydrogen-bond donors (Lipinski definition) is 3. The second-order valence-electron chi connectivity index (χ2n) is 3.03. The van der Waals surface area contributed by atoms with E-state index in [1.807, 2.05) is 5.32 Å². The van der Waals surface area contributed by atoms with Crippen LogP contribution in [-0.2, 0) is 14.4 Å². The fourth-order valence-corrected chi connectivity index (χ4v) is 0.554. The van der Waals surface area contributed by atoms with Crippen molar-refractivity contribution in [3.8, 4) is 0 Å². The van der Waals surface area contributed by atoms with Gasteiger partial charge >= 0.3 is 5.97 Å². The molecule has 0 aliphatic carbocycles. The van der Waals surface area contributed by atoms with Gasteiger partial charge in [0, 0.05) is 5.57 Å². The first kappa shape index (κ1) is 12.2. The highest BCUT2D eigenvalue weighted by Crippen LogP contribution is 2.04. The molecule has 0 saturated heterocycles. The van der Waals surface area contributed by atoms with E-state index < -0.39 is 23.3 Å². The van der Waals surface area contributed by atoms with Crippen LogP contribution in [0.2, 0.25) is 0 Å². The van der Waals surface area contributed by atoms with E-state index >= 15 is 0 Å². The van der Waals surface area contributed by atoms with E-state index in [0.29, 0.717) is 0 Å². The lowest BCUT2D eigenvalue weighted by molar-refractivity contribution is -0.151. The summed E-state index contributed by atoms with van der Waals surface area (Å²) >= 11 is 0. The van der Waals surface area contributed by atoms with Gasteiger partial charge in [0.2, 0.25) is 11.4 Å². The van der Waals surface area contributed by atoms with Crippen molar-refractivity contribution in [3.63, 3.8) is 0 Å². The van der Waals surface area contributed by atoms with E-state index in [9.17, 15) is 14.4 Å². The van der Waals surface area contributed by atoms with Crippen LogP contribution < -0.4 is 11.1 Å². The molecule has 1 atom stereocenters. The van der Waals surface area contributed by atoms with Crippen molar-refractivity contribution in [2.45, 2.75) is 19.4 Å². The van der Waals surface area contributed by atoms with Crippen molar-refractivity contribution in [1.82, 2.24) is 5.32 Å². The van der Waals surface area contributed by atoms with Crippen molar-refractivity contribution >= 4 is 17.8 Å². The van der Waals surface area contributed by atoms with Gasteiger partial charge in [0.05, 0.1) is 0 Å². The first-order valence-electron chi connectivity index (χ1n) is 3.73. The molecule has 0 rings (SSSR count). The molecule has 0 aromatic carbocycles. The van der Waals surface area contributed by atoms with Crippen LogP contribution in [0, 0.1) is 0 Å². The van der Waals surface area contributed by atoms with Crippen LogP contribution in [0.25, 0.3) is 0 Å². The van der Waals surface area contributed by atoms with Crippen LogP contribution in [0.15, 0.2) is 12.2 Å². The predicted octanol–water partition coefficient (Wildman–Crippen LogP) is -0.993. The second-order valence-corrected chi connectivity index (χ2v) is 3.03. The number of hydrogen-bond acceptors (Lipinski definition) is 3. The number of nitrogens with two attached hydrogens (primary N) is 1. The largest absolute Gasteiger partial charge is 0.479 e. The van der Waals surface area contributed by atoms with Crippen LogP contribution >= 0.6 is 0 Å². The molecule has 0 aromatic rings. The molecule has 0 aromatic heterocycles. The van der Waals surface area contributed by atoms with Crippen LogP contribution in [-0.4, -0.2) is 28.4 Å². The van der Waals surface area contributed by atoms with Gasteiger partial charge in [0.15, 0.2) is 0 Å². The number of nitrogens with one attached hydrogen (secondary N) is 1. The van der Waals surface area contributed by atoms with E-state index in [0.717, 1.165) is 6.92 Å². The summed E-state index contributed by atoms with van der Waals surface area (Å²) in [6, 6.07) is 0. The minimum absolute atomic E-state index is 0.0960. The van der Waals surface area contributed by atoms with Gasteiger partial charge in [-0.25, -0.2) is 4.79 Å². The molecule has 6 heteroatoms. The smallest absolute Gasteiger partial charge is 0.339 e. The van der Waals surface area contributed by atoms with Gasteiger partial charge in [-0.2, -0.15) is 0 Å². The van der Waals surface area contributed by atoms with Crippen LogP contribution in [0.5, 0.6) is 0 Å².